The van der Waals surface area contributed by atoms with E-state index in [1.165, 1.54) is 0 Å². The van der Waals surface area contributed by atoms with E-state index in [-0.39, 0.29) is 30.5 Å². The van der Waals surface area contributed by atoms with Crippen molar-refractivity contribution in [2.45, 2.75) is 44.4 Å². The van der Waals surface area contributed by atoms with Gasteiger partial charge < -0.3 is 10.2 Å². The van der Waals surface area contributed by atoms with Gasteiger partial charge in [0, 0.05) is 42.8 Å². The van der Waals surface area contributed by atoms with E-state index < -0.39 is 11.9 Å². The van der Waals surface area contributed by atoms with E-state index in [4.69, 9.17) is 0 Å². The van der Waals surface area contributed by atoms with Gasteiger partial charge in [0.05, 0.1) is 5.56 Å². The van der Waals surface area contributed by atoms with Gasteiger partial charge in [-0.3, -0.25) is 4.79 Å². The number of alkyl halides is 3. The number of benzene rings is 1. The zero-order valence-corrected chi connectivity index (χ0v) is 18.5. The molecule has 2 bridgehead atoms. The van der Waals surface area contributed by atoms with Gasteiger partial charge >= 0.3 is 6.18 Å². The minimum Gasteiger partial charge on any atom is -0.352 e. The number of anilines is 1. The molecular formula is C24H23F3N6O. The van der Waals surface area contributed by atoms with Gasteiger partial charge in [0.2, 0.25) is 5.95 Å². The first kappa shape index (κ1) is 22.2. The second kappa shape index (κ2) is 8.66. The minimum atomic E-state index is -4.55. The molecule has 7 nitrogen and oxygen atoms in total. The Morgan fingerprint density at radius 1 is 1.09 bits per heavy atom. The Morgan fingerprint density at radius 3 is 2.59 bits per heavy atom. The summed E-state index contributed by atoms with van der Waals surface area (Å²) in [7, 11) is 0. The van der Waals surface area contributed by atoms with Gasteiger partial charge in [0.1, 0.15) is 5.69 Å². The smallest absolute Gasteiger partial charge is 0.352 e. The van der Waals surface area contributed by atoms with E-state index in [1.807, 2.05) is 30.0 Å². The molecule has 4 heterocycles. The lowest BCUT2D eigenvalue weighted by Crippen LogP contribution is -2.60. The quantitative estimate of drug-likeness (QED) is 0.599. The Balaban J connectivity index is 1.41. The largest absolute Gasteiger partial charge is 0.433 e. The maximum Gasteiger partial charge on any atom is 0.433 e. The number of piperidine rings is 2. The van der Waals surface area contributed by atoms with E-state index in [0.717, 1.165) is 37.1 Å². The number of carbonyl (C=O) groups excluding carboxylic acids is 1. The van der Waals surface area contributed by atoms with Crippen molar-refractivity contribution in [3.8, 4) is 11.4 Å². The number of nitrogens with zero attached hydrogens (tertiary/aromatic N) is 5. The Labute approximate surface area is 194 Å². The van der Waals surface area contributed by atoms with E-state index in [0.29, 0.717) is 22.9 Å². The Morgan fingerprint density at radius 2 is 1.85 bits per heavy atom. The Bertz CT molecular complexity index is 1200. The third-order valence-electron chi connectivity index (χ3n) is 6.49. The highest BCUT2D eigenvalue weighted by Crippen LogP contribution is 2.44. The SMILES string of the molecule is Cc1ccc(-c2ncccn2)c(C(=O)N2C3CC(C3)C[C@H]2CNc2nccc(C(F)(F)F)n2)c1. The molecule has 0 unspecified atom stereocenters. The van der Waals surface area contributed by atoms with Gasteiger partial charge in [-0.05, 0) is 50.3 Å². The van der Waals surface area contributed by atoms with Crippen molar-refractivity contribution in [1.29, 1.82) is 0 Å². The highest BCUT2D eigenvalue weighted by molar-refractivity contribution is 6.01. The predicted octanol–water partition coefficient (Wildman–Crippen LogP) is 4.37. The summed E-state index contributed by atoms with van der Waals surface area (Å²) in [6.45, 7) is 2.19. The Kier molecular flexibility index (Phi) is 5.66. The minimum absolute atomic E-state index is 0.101. The third-order valence-corrected chi connectivity index (χ3v) is 6.49. The molecule has 1 aromatic carbocycles. The van der Waals surface area contributed by atoms with E-state index in [1.54, 1.807) is 18.5 Å². The lowest BCUT2D eigenvalue weighted by molar-refractivity contribution is -0.141. The molecule has 0 spiro atoms. The maximum atomic E-state index is 13.9. The summed E-state index contributed by atoms with van der Waals surface area (Å²) in [6.07, 6.45) is 2.45. The van der Waals surface area contributed by atoms with Crippen LogP contribution in [0, 0.1) is 12.8 Å². The highest BCUT2D eigenvalue weighted by atomic mass is 19.4. The number of hydrogen-bond acceptors (Lipinski definition) is 6. The summed E-state index contributed by atoms with van der Waals surface area (Å²) in [5.41, 5.74) is 1.12. The lowest BCUT2D eigenvalue weighted by atomic mass is 9.70. The Hall–Kier alpha value is -3.56. The van der Waals surface area contributed by atoms with Gasteiger partial charge in [0.15, 0.2) is 5.82 Å². The summed E-state index contributed by atoms with van der Waals surface area (Å²) >= 11 is 0. The van der Waals surface area contributed by atoms with Crippen molar-refractivity contribution in [3.63, 3.8) is 0 Å². The molecule has 0 radical (unpaired) electrons. The molecule has 1 saturated carbocycles. The first-order chi connectivity index (χ1) is 16.3. The predicted molar refractivity (Wildman–Crippen MR) is 119 cm³/mol. The second-order valence-electron chi connectivity index (χ2n) is 8.86. The number of aromatic nitrogens is 4. The van der Waals surface area contributed by atoms with Crippen LogP contribution in [0.3, 0.4) is 0 Å². The number of rotatable bonds is 5. The lowest BCUT2D eigenvalue weighted by Gasteiger charge is -2.53. The van der Waals surface area contributed by atoms with E-state index in [9.17, 15) is 18.0 Å². The maximum absolute atomic E-state index is 13.9. The van der Waals surface area contributed by atoms with Crippen molar-refractivity contribution in [2.24, 2.45) is 5.92 Å². The second-order valence-corrected chi connectivity index (χ2v) is 8.86. The molecule has 1 amide bonds. The fourth-order valence-corrected chi connectivity index (χ4v) is 4.85. The van der Waals surface area contributed by atoms with Gasteiger partial charge in [-0.25, -0.2) is 19.9 Å². The van der Waals surface area contributed by atoms with Crippen LogP contribution in [-0.2, 0) is 6.18 Å². The molecule has 2 aromatic heterocycles. The number of hydrogen-bond donors (Lipinski definition) is 1. The molecule has 1 aliphatic carbocycles. The monoisotopic (exact) mass is 468 g/mol. The summed E-state index contributed by atoms with van der Waals surface area (Å²) in [6, 6.07) is 8.09. The van der Waals surface area contributed by atoms with Gasteiger partial charge in [-0.2, -0.15) is 13.2 Å². The summed E-state index contributed by atoms with van der Waals surface area (Å²) in [5, 5.41) is 2.92. The van der Waals surface area contributed by atoms with Crippen LogP contribution in [0.2, 0.25) is 0 Å². The van der Waals surface area contributed by atoms with Crippen LogP contribution in [0.15, 0.2) is 48.9 Å². The van der Waals surface area contributed by atoms with Crippen LogP contribution in [0.25, 0.3) is 11.4 Å². The van der Waals surface area contributed by atoms with Crippen LogP contribution in [0.4, 0.5) is 19.1 Å². The molecule has 3 aliphatic rings. The molecule has 1 N–H and O–H groups in total. The van der Waals surface area contributed by atoms with Crippen LogP contribution in [0.1, 0.15) is 40.9 Å². The van der Waals surface area contributed by atoms with Crippen LogP contribution in [-0.4, -0.2) is 49.4 Å². The first-order valence-corrected chi connectivity index (χ1v) is 11.1. The molecule has 10 heteroatoms. The molecule has 3 fully saturated rings. The first-order valence-electron chi connectivity index (χ1n) is 11.1. The molecule has 2 saturated heterocycles. The summed E-state index contributed by atoms with van der Waals surface area (Å²) in [4.78, 5) is 31.9. The van der Waals surface area contributed by atoms with E-state index >= 15 is 0 Å². The molecule has 176 valence electrons. The van der Waals surface area contributed by atoms with Crippen LogP contribution < -0.4 is 5.32 Å². The number of halogens is 3. The third kappa shape index (κ3) is 4.32. The number of nitrogens with one attached hydrogen (secondary N) is 1. The normalized spacial score (nSPS) is 21.6. The number of fused-ring (bicyclic) bond motifs is 2. The zero-order valence-electron chi connectivity index (χ0n) is 18.5. The van der Waals surface area contributed by atoms with Gasteiger partial charge in [-0.1, -0.05) is 17.7 Å². The van der Waals surface area contributed by atoms with Crippen molar-refractivity contribution < 1.29 is 18.0 Å². The molecule has 3 aromatic rings. The van der Waals surface area contributed by atoms with Crippen molar-refractivity contribution in [2.75, 3.05) is 11.9 Å². The standard InChI is InChI=1S/C24H23F3N6O/c1-14-3-4-18(21-28-6-2-7-29-21)19(9-14)22(34)33-16-10-15(11-16)12-17(33)13-31-23-30-8-5-20(32-23)24(25,26)27/h2-9,15-17H,10-13H2,1H3,(H,30,31,32)/t15?,16?,17-/m0/s1. The molecule has 1 atom stereocenters. The van der Waals surface area contributed by atoms with Crippen LogP contribution in [0.5, 0.6) is 0 Å². The van der Waals surface area contributed by atoms with E-state index in [2.05, 4.69) is 25.3 Å². The molecule has 6 rings (SSSR count). The summed E-state index contributed by atoms with van der Waals surface area (Å²) < 4.78 is 39.0. The topological polar surface area (TPSA) is 83.9 Å². The van der Waals surface area contributed by atoms with Crippen molar-refractivity contribution in [3.05, 3.63) is 65.7 Å². The van der Waals surface area contributed by atoms with Crippen molar-refractivity contribution >= 4 is 11.9 Å². The highest BCUT2D eigenvalue weighted by Gasteiger charge is 2.46. The van der Waals surface area contributed by atoms with Crippen LogP contribution >= 0.6 is 0 Å². The number of carbonyl (C=O) groups is 1. The molecular weight excluding hydrogens is 445 g/mol. The zero-order chi connectivity index (χ0) is 23.9. The fourth-order valence-electron chi connectivity index (χ4n) is 4.85. The summed E-state index contributed by atoms with van der Waals surface area (Å²) in [5.74, 6) is 0.764. The van der Waals surface area contributed by atoms with Gasteiger partial charge in [-0.15, -0.1) is 0 Å². The molecule has 2 aliphatic heterocycles. The van der Waals surface area contributed by atoms with Crippen molar-refractivity contribution in [1.82, 2.24) is 24.8 Å². The average molecular weight is 468 g/mol. The number of amides is 1. The van der Waals surface area contributed by atoms with Gasteiger partial charge in [0.25, 0.3) is 5.91 Å². The average Bonchev–Trinajstić information content (AvgIpc) is 2.81. The molecule has 34 heavy (non-hydrogen) atoms. The fraction of sp³-hybridized carbons (Fsp3) is 0.375. The number of aryl methyl sites for hydroxylation is 1.